The van der Waals surface area contributed by atoms with Crippen molar-refractivity contribution in [2.75, 3.05) is 11.5 Å². The lowest BCUT2D eigenvalue weighted by molar-refractivity contribution is -0.137. The maximum Gasteiger partial charge on any atom is 0.323 e. The summed E-state index contributed by atoms with van der Waals surface area (Å²) in [5.41, 5.74) is 13.8. The number of nitrogens with two attached hydrogens (primary N) is 2. The molecule has 0 unspecified atom stereocenters. The lowest BCUT2D eigenvalue weighted by Gasteiger charge is -2.09. The number of carboxylic acids is 1. The molecule has 0 aliphatic carbocycles. The molecule has 0 saturated carbocycles. The van der Waals surface area contributed by atoms with Crippen molar-refractivity contribution in [1.82, 2.24) is 4.57 Å². The van der Waals surface area contributed by atoms with E-state index in [1.807, 2.05) is 0 Å². The molecular formula is C17H15N3O3. The monoisotopic (exact) mass is 309 g/mol. The Morgan fingerprint density at radius 2 is 1.78 bits per heavy atom. The van der Waals surface area contributed by atoms with Gasteiger partial charge in [-0.25, -0.2) is 0 Å². The SMILES string of the molecule is Nc1ccc2c(c1)cc(C(=O)c1ccccc1N)n2CC(=O)O. The number of aromatic nitrogens is 1. The van der Waals surface area contributed by atoms with Crippen molar-refractivity contribution >= 4 is 34.0 Å². The second-order valence-corrected chi connectivity index (χ2v) is 5.24. The van der Waals surface area contributed by atoms with Crippen LogP contribution in [0, 0.1) is 0 Å². The molecule has 0 amide bonds. The average Bonchev–Trinajstić information content (AvgIpc) is 2.84. The number of nitrogens with zero attached hydrogens (tertiary/aromatic N) is 1. The van der Waals surface area contributed by atoms with Crippen LogP contribution in [-0.4, -0.2) is 21.4 Å². The number of carbonyl (C=O) groups is 2. The van der Waals surface area contributed by atoms with Gasteiger partial charge in [0.2, 0.25) is 5.78 Å². The topological polar surface area (TPSA) is 111 Å². The minimum absolute atomic E-state index is 0.269. The molecular weight excluding hydrogens is 294 g/mol. The summed E-state index contributed by atoms with van der Waals surface area (Å²) in [5, 5.41) is 9.86. The van der Waals surface area contributed by atoms with Gasteiger partial charge in [-0.15, -0.1) is 0 Å². The number of nitrogen functional groups attached to an aromatic ring is 2. The number of rotatable bonds is 4. The van der Waals surface area contributed by atoms with Crippen molar-refractivity contribution in [2.24, 2.45) is 0 Å². The molecule has 5 N–H and O–H groups in total. The molecule has 0 bridgehead atoms. The molecule has 6 heteroatoms. The molecule has 1 heterocycles. The number of aliphatic carboxylic acids is 1. The van der Waals surface area contributed by atoms with Gasteiger partial charge in [-0.1, -0.05) is 12.1 Å². The van der Waals surface area contributed by atoms with Crippen molar-refractivity contribution in [3.05, 3.63) is 59.8 Å². The van der Waals surface area contributed by atoms with Crippen LogP contribution in [0.25, 0.3) is 10.9 Å². The fraction of sp³-hybridized carbons (Fsp3) is 0.0588. The molecule has 0 aliphatic rings. The maximum atomic E-state index is 12.8. The third-order valence-electron chi connectivity index (χ3n) is 3.66. The highest BCUT2D eigenvalue weighted by molar-refractivity contribution is 6.13. The van der Waals surface area contributed by atoms with Crippen LogP contribution in [0.4, 0.5) is 11.4 Å². The number of anilines is 2. The smallest absolute Gasteiger partial charge is 0.323 e. The normalized spacial score (nSPS) is 10.8. The molecule has 0 atom stereocenters. The first-order chi connectivity index (χ1) is 11.0. The highest BCUT2D eigenvalue weighted by Gasteiger charge is 2.20. The van der Waals surface area contributed by atoms with E-state index in [9.17, 15) is 9.59 Å². The Morgan fingerprint density at radius 3 is 2.48 bits per heavy atom. The number of hydrogen-bond acceptors (Lipinski definition) is 4. The molecule has 0 aliphatic heterocycles. The number of para-hydroxylation sites is 1. The standard InChI is InChI=1S/C17H15N3O3/c18-11-5-6-14-10(7-11)8-15(20(14)9-16(21)22)17(23)12-3-1-2-4-13(12)19/h1-8H,9,18-19H2,(H,21,22). The highest BCUT2D eigenvalue weighted by Crippen LogP contribution is 2.25. The van der Waals surface area contributed by atoms with Gasteiger partial charge in [0.1, 0.15) is 6.54 Å². The van der Waals surface area contributed by atoms with Crippen molar-refractivity contribution in [2.45, 2.75) is 6.54 Å². The number of ketones is 1. The molecule has 0 spiro atoms. The number of hydrogen-bond donors (Lipinski definition) is 3. The molecule has 0 saturated heterocycles. The summed E-state index contributed by atoms with van der Waals surface area (Å²) >= 11 is 0. The van der Waals surface area contributed by atoms with Crippen LogP contribution < -0.4 is 11.5 Å². The van der Waals surface area contributed by atoms with Crippen LogP contribution in [0.1, 0.15) is 16.1 Å². The quantitative estimate of drug-likeness (QED) is 0.505. The van der Waals surface area contributed by atoms with E-state index in [0.29, 0.717) is 27.8 Å². The lowest BCUT2D eigenvalue weighted by Crippen LogP contribution is -2.16. The Labute approximate surface area is 131 Å². The maximum absolute atomic E-state index is 12.8. The second-order valence-electron chi connectivity index (χ2n) is 5.24. The minimum atomic E-state index is -1.03. The number of carboxylic acid groups (broad SMARTS) is 1. The lowest BCUT2D eigenvalue weighted by atomic mass is 10.1. The highest BCUT2D eigenvalue weighted by atomic mass is 16.4. The van der Waals surface area contributed by atoms with Crippen molar-refractivity contribution in [3.8, 4) is 0 Å². The zero-order valence-electron chi connectivity index (χ0n) is 12.2. The molecule has 3 rings (SSSR count). The van der Waals surface area contributed by atoms with Crippen LogP contribution in [0.2, 0.25) is 0 Å². The summed E-state index contributed by atoms with van der Waals surface area (Å²) in [5.74, 6) is -1.35. The molecule has 23 heavy (non-hydrogen) atoms. The second kappa shape index (κ2) is 5.49. The average molecular weight is 309 g/mol. The van der Waals surface area contributed by atoms with Crippen molar-refractivity contribution < 1.29 is 14.7 Å². The predicted molar refractivity (Wildman–Crippen MR) is 88.3 cm³/mol. The third kappa shape index (κ3) is 2.62. The van der Waals surface area contributed by atoms with Crippen LogP contribution in [-0.2, 0) is 11.3 Å². The molecule has 0 radical (unpaired) electrons. The Balaban J connectivity index is 2.21. The number of benzene rings is 2. The molecule has 0 fully saturated rings. The Bertz CT molecular complexity index is 928. The van der Waals surface area contributed by atoms with Crippen molar-refractivity contribution in [3.63, 3.8) is 0 Å². The molecule has 2 aromatic carbocycles. The molecule has 116 valence electrons. The van der Waals surface area contributed by atoms with Gasteiger partial charge in [0.05, 0.1) is 5.69 Å². The Morgan fingerprint density at radius 1 is 1.04 bits per heavy atom. The first-order valence-corrected chi connectivity index (χ1v) is 6.97. The van der Waals surface area contributed by atoms with Crippen LogP contribution in [0.5, 0.6) is 0 Å². The Hall–Kier alpha value is -3.28. The summed E-state index contributed by atoms with van der Waals surface area (Å²) in [6.45, 7) is -0.318. The van der Waals surface area contributed by atoms with E-state index in [-0.39, 0.29) is 18.0 Å². The zero-order valence-corrected chi connectivity index (χ0v) is 12.2. The van der Waals surface area contributed by atoms with Crippen LogP contribution in [0.3, 0.4) is 0 Å². The molecule has 1 aromatic heterocycles. The van der Waals surface area contributed by atoms with Gasteiger partial charge in [0.15, 0.2) is 0 Å². The predicted octanol–water partition coefficient (Wildman–Crippen LogP) is 2.12. The first-order valence-electron chi connectivity index (χ1n) is 6.97. The van der Waals surface area contributed by atoms with Crippen LogP contribution in [0.15, 0.2) is 48.5 Å². The fourth-order valence-corrected chi connectivity index (χ4v) is 2.62. The first kappa shape index (κ1) is 14.6. The van der Waals surface area contributed by atoms with Crippen molar-refractivity contribution in [1.29, 1.82) is 0 Å². The fourth-order valence-electron chi connectivity index (χ4n) is 2.62. The van der Waals surface area contributed by atoms with E-state index >= 15 is 0 Å². The summed E-state index contributed by atoms with van der Waals surface area (Å²) in [4.78, 5) is 24.0. The molecule has 3 aromatic rings. The van der Waals surface area contributed by atoms with Crippen LogP contribution >= 0.6 is 0 Å². The largest absolute Gasteiger partial charge is 0.480 e. The van der Waals surface area contributed by atoms with Gasteiger partial charge in [0, 0.05) is 27.8 Å². The van der Waals surface area contributed by atoms with E-state index in [1.165, 1.54) is 4.57 Å². The number of fused-ring (bicyclic) bond motifs is 1. The number of carbonyl (C=O) groups excluding carboxylic acids is 1. The summed E-state index contributed by atoms with van der Waals surface area (Å²) in [6, 6.07) is 13.4. The summed E-state index contributed by atoms with van der Waals surface area (Å²) < 4.78 is 1.46. The van der Waals surface area contributed by atoms with E-state index in [0.717, 1.165) is 0 Å². The summed E-state index contributed by atoms with van der Waals surface area (Å²) in [7, 11) is 0. The Kier molecular flexibility index (Phi) is 3.50. The van der Waals surface area contributed by atoms with E-state index in [2.05, 4.69) is 0 Å². The van der Waals surface area contributed by atoms with Gasteiger partial charge >= 0.3 is 5.97 Å². The van der Waals surface area contributed by atoms with Gasteiger partial charge < -0.3 is 21.1 Å². The van der Waals surface area contributed by atoms with E-state index in [4.69, 9.17) is 16.6 Å². The van der Waals surface area contributed by atoms with E-state index < -0.39 is 5.97 Å². The van der Waals surface area contributed by atoms with E-state index in [1.54, 1.807) is 48.5 Å². The zero-order chi connectivity index (χ0) is 16.6. The van der Waals surface area contributed by atoms with Gasteiger partial charge in [-0.05, 0) is 36.4 Å². The molecule has 6 nitrogen and oxygen atoms in total. The minimum Gasteiger partial charge on any atom is -0.480 e. The third-order valence-corrected chi connectivity index (χ3v) is 3.66. The van der Waals surface area contributed by atoms with Gasteiger partial charge in [0.25, 0.3) is 0 Å². The van der Waals surface area contributed by atoms with Gasteiger partial charge in [-0.2, -0.15) is 0 Å². The summed E-state index contributed by atoms with van der Waals surface area (Å²) in [6.07, 6.45) is 0. The van der Waals surface area contributed by atoms with Gasteiger partial charge in [-0.3, -0.25) is 9.59 Å².